The van der Waals surface area contributed by atoms with Crippen LogP contribution < -0.4 is 5.32 Å². The molecule has 0 radical (unpaired) electrons. The summed E-state index contributed by atoms with van der Waals surface area (Å²) < 4.78 is 13.7. The highest BCUT2D eigenvalue weighted by Crippen LogP contribution is 2.34. The molecule has 5 nitrogen and oxygen atoms in total. The molecule has 2 heterocycles. The van der Waals surface area contributed by atoms with Crippen LogP contribution >= 0.6 is 0 Å². The second-order valence-electron chi connectivity index (χ2n) is 11.1. The summed E-state index contributed by atoms with van der Waals surface area (Å²) in [5, 5.41) is 3.36. The molecule has 3 aliphatic rings. The number of carbonyl (C=O) groups is 2. The first kappa shape index (κ1) is 24.9. The molecule has 1 N–H and O–H groups in total. The number of nitrogens with one attached hydrogen (secondary N) is 1. The van der Waals surface area contributed by atoms with Gasteiger partial charge in [-0.25, -0.2) is 4.39 Å². The number of amides is 2. The normalized spacial score (nSPS) is 23.1. The van der Waals surface area contributed by atoms with Gasteiger partial charge in [0.25, 0.3) is 5.91 Å². The van der Waals surface area contributed by atoms with Crippen LogP contribution in [-0.2, 0) is 4.79 Å². The molecule has 1 aliphatic carbocycles. The predicted octanol–water partition coefficient (Wildman–Crippen LogP) is 4.88. The molecule has 3 atom stereocenters. The van der Waals surface area contributed by atoms with Gasteiger partial charge in [-0.3, -0.25) is 9.59 Å². The molecule has 0 bridgehead atoms. The van der Waals surface area contributed by atoms with E-state index in [9.17, 15) is 14.0 Å². The minimum atomic E-state index is -0.288. The number of rotatable bonds is 7. The first-order valence-corrected chi connectivity index (χ1v) is 13.5. The minimum absolute atomic E-state index is 0.0299. The maximum atomic E-state index is 13.7. The number of fused-ring (bicyclic) bond motifs is 1. The number of hydrogen-bond donors (Lipinski definition) is 1. The standard InChI is InChI=1S/C30H38FN3O2/c1-20-14-26(31)15-21(2)28(20)30(36)34-18-24-16-33(17-25(24)19-34)13-12-27(22-8-4-3-5-9-22)32-29(35)23-10-6-7-11-23/h3-5,8-9,14-15,23-25,27H,6-7,10-13,16-19H2,1-2H3,(H,32,35)/t24-,25?,27?/m0/s1. The maximum Gasteiger partial charge on any atom is 0.254 e. The Kier molecular flexibility index (Phi) is 7.42. The zero-order valence-corrected chi connectivity index (χ0v) is 21.5. The van der Waals surface area contributed by atoms with Crippen molar-refractivity contribution < 1.29 is 14.0 Å². The predicted molar refractivity (Wildman–Crippen MR) is 139 cm³/mol. The van der Waals surface area contributed by atoms with E-state index in [2.05, 4.69) is 22.3 Å². The van der Waals surface area contributed by atoms with Gasteiger partial charge >= 0.3 is 0 Å². The summed E-state index contributed by atoms with van der Waals surface area (Å²) in [6, 6.07) is 13.3. The van der Waals surface area contributed by atoms with Gasteiger partial charge in [0, 0.05) is 44.2 Å². The highest BCUT2D eigenvalue weighted by Gasteiger charge is 2.42. The molecule has 0 spiro atoms. The zero-order valence-electron chi connectivity index (χ0n) is 21.5. The lowest BCUT2D eigenvalue weighted by molar-refractivity contribution is -0.125. The molecule has 1 saturated carbocycles. The molecule has 6 heteroatoms. The summed E-state index contributed by atoms with van der Waals surface area (Å²) in [6.45, 7) is 8.05. The summed E-state index contributed by atoms with van der Waals surface area (Å²) in [4.78, 5) is 30.6. The van der Waals surface area contributed by atoms with E-state index in [1.165, 1.54) is 17.7 Å². The van der Waals surface area contributed by atoms with Crippen LogP contribution in [0.5, 0.6) is 0 Å². The Morgan fingerprint density at radius 2 is 1.58 bits per heavy atom. The van der Waals surface area contributed by atoms with Crippen LogP contribution in [0.3, 0.4) is 0 Å². The number of benzene rings is 2. The van der Waals surface area contributed by atoms with Gasteiger partial charge < -0.3 is 15.1 Å². The first-order valence-electron chi connectivity index (χ1n) is 13.5. The van der Waals surface area contributed by atoms with Crippen LogP contribution in [-0.4, -0.2) is 54.3 Å². The Morgan fingerprint density at radius 1 is 0.972 bits per heavy atom. The van der Waals surface area contributed by atoms with Gasteiger partial charge in [0.1, 0.15) is 5.82 Å². The van der Waals surface area contributed by atoms with E-state index in [1.807, 2.05) is 36.9 Å². The van der Waals surface area contributed by atoms with Crippen molar-refractivity contribution in [2.24, 2.45) is 17.8 Å². The Labute approximate surface area is 214 Å². The summed E-state index contributed by atoms with van der Waals surface area (Å²) in [5.41, 5.74) is 3.24. The number of carbonyl (C=O) groups excluding carboxylic acids is 2. The van der Waals surface area contributed by atoms with Crippen molar-refractivity contribution in [3.63, 3.8) is 0 Å². The van der Waals surface area contributed by atoms with Crippen molar-refractivity contribution >= 4 is 11.8 Å². The number of halogens is 1. The lowest BCUT2D eigenvalue weighted by Crippen LogP contribution is -2.37. The lowest BCUT2D eigenvalue weighted by atomic mass is 10.0. The van der Waals surface area contributed by atoms with E-state index in [0.29, 0.717) is 28.5 Å². The van der Waals surface area contributed by atoms with Gasteiger partial charge in [-0.15, -0.1) is 0 Å². The van der Waals surface area contributed by atoms with Crippen LogP contribution in [0.4, 0.5) is 4.39 Å². The highest BCUT2D eigenvalue weighted by atomic mass is 19.1. The molecule has 2 aromatic rings. The fourth-order valence-electron chi connectivity index (χ4n) is 6.64. The molecular formula is C30H38FN3O2. The van der Waals surface area contributed by atoms with Gasteiger partial charge in [-0.2, -0.15) is 0 Å². The van der Waals surface area contributed by atoms with Crippen molar-refractivity contribution in [3.8, 4) is 0 Å². The van der Waals surface area contributed by atoms with Crippen LogP contribution in [0.15, 0.2) is 42.5 Å². The third-order valence-electron chi connectivity index (χ3n) is 8.54. The Balaban J connectivity index is 1.17. The summed E-state index contributed by atoms with van der Waals surface area (Å²) in [7, 11) is 0. The first-order chi connectivity index (χ1) is 17.4. The molecule has 36 heavy (non-hydrogen) atoms. The van der Waals surface area contributed by atoms with E-state index in [4.69, 9.17) is 0 Å². The van der Waals surface area contributed by atoms with E-state index < -0.39 is 0 Å². The molecule has 5 rings (SSSR count). The Morgan fingerprint density at radius 3 is 2.19 bits per heavy atom. The molecule has 3 fully saturated rings. The maximum absolute atomic E-state index is 13.7. The van der Waals surface area contributed by atoms with Crippen LogP contribution in [0.1, 0.15) is 65.2 Å². The summed E-state index contributed by atoms with van der Waals surface area (Å²) >= 11 is 0. The average molecular weight is 492 g/mol. The van der Waals surface area contributed by atoms with E-state index in [-0.39, 0.29) is 29.6 Å². The zero-order chi connectivity index (χ0) is 25.2. The van der Waals surface area contributed by atoms with Gasteiger partial charge in [-0.05, 0) is 73.8 Å². The second kappa shape index (κ2) is 10.7. The van der Waals surface area contributed by atoms with E-state index in [0.717, 1.165) is 64.8 Å². The van der Waals surface area contributed by atoms with Gasteiger partial charge in [0.05, 0.1) is 6.04 Å². The van der Waals surface area contributed by atoms with Crippen LogP contribution in [0.2, 0.25) is 0 Å². The smallest absolute Gasteiger partial charge is 0.254 e. The van der Waals surface area contributed by atoms with Crippen molar-refractivity contribution in [2.75, 3.05) is 32.7 Å². The average Bonchev–Trinajstić information content (AvgIpc) is 3.58. The number of hydrogen-bond acceptors (Lipinski definition) is 3. The number of nitrogens with zero attached hydrogens (tertiary/aromatic N) is 2. The topological polar surface area (TPSA) is 52.7 Å². The minimum Gasteiger partial charge on any atom is -0.349 e. The van der Waals surface area contributed by atoms with Crippen molar-refractivity contribution in [1.29, 1.82) is 0 Å². The molecule has 2 amide bonds. The SMILES string of the molecule is Cc1cc(F)cc(C)c1C(=O)N1CC2CN(CCC(NC(=O)C3CCCC3)c3ccccc3)C[C@H]2C1. The van der Waals surface area contributed by atoms with Gasteiger partial charge in [0.2, 0.25) is 5.91 Å². The van der Waals surface area contributed by atoms with E-state index in [1.54, 1.807) is 0 Å². The Hall–Kier alpha value is -2.73. The Bertz CT molecular complexity index is 1060. The molecule has 2 saturated heterocycles. The second-order valence-corrected chi connectivity index (χ2v) is 11.1. The molecule has 0 aromatic heterocycles. The quantitative estimate of drug-likeness (QED) is 0.600. The van der Waals surface area contributed by atoms with Crippen molar-refractivity contribution in [3.05, 3.63) is 70.5 Å². The fraction of sp³-hybridized carbons (Fsp3) is 0.533. The van der Waals surface area contributed by atoms with E-state index >= 15 is 0 Å². The largest absolute Gasteiger partial charge is 0.349 e. The molecule has 2 aromatic carbocycles. The molecular weight excluding hydrogens is 453 g/mol. The van der Waals surface area contributed by atoms with Gasteiger partial charge in [-0.1, -0.05) is 43.2 Å². The fourth-order valence-corrected chi connectivity index (χ4v) is 6.64. The van der Waals surface area contributed by atoms with Crippen LogP contribution in [0.25, 0.3) is 0 Å². The molecule has 2 aliphatic heterocycles. The highest BCUT2D eigenvalue weighted by molar-refractivity contribution is 5.97. The lowest BCUT2D eigenvalue weighted by Gasteiger charge is -2.26. The van der Waals surface area contributed by atoms with Gasteiger partial charge in [0.15, 0.2) is 0 Å². The van der Waals surface area contributed by atoms with Crippen LogP contribution in [0, 0.1) is 37.4 Å². The molecule has 2 unspecified atom stereocenters. The van der Waals surface area contributed by atoms with Crippen molar-refractivity contribution in [2.45, 2.75) is 52.0 Å². The summed E-state index contributed by atoms with van der Waals surface area (Å²) in [6.07, 6.45) is 5.22. The monoisotopic (exact) mass is 491 g/mol. The molecule has 192 valence electrons. The third kappa shape index (κ3) is 5.34. The number of likely N-dealkylation sites (tertiary alicyclic amines) is 2. The summed E-state index contributed by atoms with van der Waals surface area (Å²) in [5.74, 6) is 1.06. The van der Waals surface area contributed by atoms with Crippen molar-refractivity contribution in [1.82, 2.24) is 15.1 Å². The number of aryl methyl sites for hydroxylation is 2. The third-order valence-corrected chi connectivity index (χ3v) is 8.54.